The van der Waals surface area contributed by atoms with E-state index in [0.717, 1.165) is 38.3 Å². The van der Waals surface area contributed by atoms with Crippen LogP contribution in [0.3, 0.4) is 0 Å². The lowest BCUT2D eigenvalue weighted by atomic mass is 9.82. The molecule has 2 aromatic heterocycles. The molecule has 0 radical (unpaired) electrons. The zero-order chi connectivity index (χ0) is 18.5. The van der Waals surface area contributed by atoms with Crippen LogP contribution in [0.2, 0.25) is 0 Å². The van der Waals surface area contributed by atoms with E-state index in [2.05, 4.69) is 29.2 Å². The number of rotatable bonds is 4. The maximum absolute atomic E-state index is 10.2. The summed E-state index contributed by atoms with van der Waals surface area (Å²) in [5, 5.41) is 13.4. The average Bonchev–Trinajstić information content (AvgIpc) is 2.98. The molecule has 0 aliphatic rings. The Hall–Kier alpha value is -2.37. The molecule has 2 heterocycles. The molecule has 0 fully saturated rings. The van der Waals surface area contributed by atoms with Gasteiger partial charge in [-0.25, -0.2) is 0 Å². The standard InChI is InChI=1S/C21H22BNO3/c1-20(2,24)21(3,4)26-22-14-8-10-15-13(12-14)7-9-16-18-17(25-19(15)16)6-5-11-23-18/h5-12,22,24H,1-4H3. The Labute approximate surface area is 153 Å². The summed E-state index contributed by atoms with van der Waals surface area (Å²) in [6.45, 7) is 7.33. The number of furan rings is 1. The fraction of sp³-hybridized carbons (Fsp3) is 0.286. The highest BCUT2D eigenvalue weighted by molar-refractivity contribution is 6.47. The Morgan fingerprint density at radius 3 is 2.58 bits per heavy atom. The lowest BCUT2D eigenvalue weighted by molar-refractivity contribution is -0.0893. The largest absolute Gasteiger partial charge is 0.454 e. The molecule has 26 heavy (non-hydrogen) atoms. The number of nitrogens with zero attached hydrogens (tertiary/aromatic N) is 1. The predicted molar refractivity (Wildman–Crippen MR) is 107 cm³/mol. The van der Waals surface area contributed by atoms with Crippen LogP contribution in [0.25, 0.3) is 32.8 Å². The molecule has 0 aliphatic carbocycles. The van der Waals surface area contributed by atoms with Crippen molar-refractivity contribution in [3.05, 3.63) is 48.7 Å². The normalized spacial score (nSPS) is 13.0. The van der Waals surface area contributed by atoms with Gasteiger partial charge in [0.2, 0.25) is 0 Å². The van der Waals surface area contributed by atoms with E-state index in [1.54, 1.807) is 20.0 Å². The Balaban J connectivity index is 1.72. The van der Waals surface area contributed by atoms with Gasteiger partial charge in [0.05, 0.1) is 11.2 Å². The van der Waals surface area contributed by atoms with Crippen LogP contribution in [0.15, 0.2) is 53.1 Å². The first kappa shape index (κ1) is 17.1. The third-order valence-corrected chi connectivity index (χ3v) is 5.35. The first-order chi connectivity index (χ1) is 12.3. The molecule has 0 atom stereocenters. The summed E-state index contributed by atoms with van der Waals surface area (Å²) in [4.78, 5) is 4.44. The van der Waals surface area contributed by atoms with Crippen LogP contribution < -0.4 is 5.46 Å². The van der Waals surface area contributed by atoms with Gasteiger partial charge in [0.15, 0.2) is 5.58 Å². The van der Waals surface area contributed by atoms with Gasteiger partial charge in [0.25, 0.3) is 0 Å². The first-order valence-corrected chi connectivity index (χ1v) is 8.81. The third kappa shape index (κ3) is 2.77. The zero-order valence-corrected chi connectivity index (χ0v) is 15.5. The first-order valence-electron chi connectivity index (χ1n) is 8.81. The van der Waals surface area contributed by atoms with Gasteiger partial charge in [-0.1, -0.05) is 29.7 Å². The molecule has 2 aromatic carbocycles. The molecule has 0 saturated heterocycles. The molecule has 4 rings (SSSR count). The van der Waals surface area contributed by atoms with E-state index in [4.69, 9.17) is 9.07 Å². The van der Waals surface area contributed by atoms with E-state index in [-0.39, 0.29) is 0 Å². The molecule has 5 heteroatoms. The number of pyridine rings is 1. The van der Waals surface area contributed by atoms with Crippen molar-refractivity contribution in [3.8, 4) is 0 Å². The quantitative estimate of drug-likeness (QED) is 0.572. The number of aromatic nitrogens is 1. The van der Waals surface area contributed by atoms with Gasteiger partial charge >= 0.3 is 7.48 Å². The van der Waals surface area contributed by atoms with Crippen molar-refractivity contribution in [1.82, 2.24) is 4.98 Å². The van der Waals surface area contributed by atoms with Gasteiger partial charge in [-0.3, -0.25) is 4.98 Å². The molecule has 0 saturated carbocycles. The number of hydrogen-bond donors (Lipinski definition) is 1. The summed E-state index contributed by atoms with van der Waals surface area (Å²) in [5.74, 6) is 0. The van der Waals surface area contributed by atoms with E-state index in [1.807, 2.05) is 32.0 Å². The SMILES string of the molecule is CC(C)(O)C(C)(C)OBc1ccc2c(ccc3c4ncccc4oc23)c1. The van der Waals surface area contributed by atoms with Gasteiger partial charge in [-0.05, 0) is 51.3 Å². The van der Waals surface area contributed by atoms with Crippen LogP contribution in [0.4, 0.5) is 0 Å². The van der Waals surface area contributed by atoms with E-state index >= 15 is 0 Å². The number of hydrogen-bond acceptors (Lipinski definition) is 4. The molecule has 0 amide bonds. The molecule has 0 unspecified atom stereocenters. The van der Waals surface area contributed by atoms with Crippen molar-refractivity contribution in [3.63, 3.8) is 0 Å². The van der Waals surface area contributed by atoms with Crippen molar-refractivity contribution in [2.45, 2.75) is 38.9 Å². The molecule has 4 nitrogen and oxygen atoms in total. The third-order valence-electron chi connectivity index (χ3n) is 5.35. The second-order valence-electron chi connectivity index (χ2n) is 7.81. The average molecular weight is 347 g/mol. The van der Waals surface area contributed by atoms with E-state index in [1.165, 1.54) is 0 Å². The predicted octanol–water partition coefficient (Wildman–Crippen LogP) is 3.68. The van der Waals surface area contributed by atoms with Crippen LogP contribution >= 0.6 is 0 Å². The summed E-state index contributed by atoms with van der Waals surface area (Å²) < 4.78 is 12.0. The van der Waals surface area contributed by atoms with E-state index in [0.29, 0.717) is 7.48 Å². The minimum Gasteiger partial charge on any atom is -0.454 e. The van der Waals surface area contributed by atoms with Gasteiger partial charge in [0.1, 0.15) is 11.1 Å². The second-order valence-corrected chi connectivity index (χ2v) is 7.81. The van der Waals surface area contributed by atoms with E-state index < -0.39 is 11.2 Å². The molecule has 132 valence electrons. The molecular formula is C21H22BNO3. The summed E-state index contributed by atoms with van der Waals surface area (Å²) in [5.41, 5.74) is 2.05. The maximum Gasteiger partial charge on any atom is 0.309 e. The number of aliphatic hydroxyl groups is 1. The topological polar surface area (TPSA) is 55.5 Å². The lowest BCUT2D eigenvalue weighted by Gasteiger charge is -2.37. The van der Waals surface area contributed by atoms with Crippen molar-refractivity contribution in [2.75, 3.05) is 0 Å². The van der Waals surface area contributed by atoms with Crippen molar-refractivity contribution in [2.24, 2.45) is 0 Å². The Bertz CT molecular complexity index is 1110. The lowest BCUT2D eigenvalue weighted by Crippen LogP contribution is -2.49. The van der Waals surface area contributed by atoms with Gasteiger partial charge < -0.3 is 14.2 Å². The van der Waals surface area contributed by atoms with Crippen LogP contribution in [0.1, 0.15) is 27.7 Å². The highest BCUT2D eigenvalue weighted by atomic mass is 16.5. The Morgan fingerprint density at radius 1 is 1.04 bits per heavy atom. The maximum atomic E-state index is 10.2. The number of fused-ring (bicyclic) bond motifs is 5. The van der Waals surface area contributed by atoms with Crippen molar-refractivity contribution in [1.29, 1.82) is 0 Å². The van der Waals surface area contributed by atoms with E-state index in [9.17, 15) is 5.11 Å². The molecule has 4 aromatic rings. The van der Waals surface area contributed by atoms with Crippen molar-refractivity contribution < 1.29 is 14.2 Å². The summed E-state index contributed by atoms with van der Waals surface area (Å²) in [7, 11) is 0.437. The summed E-state index contributed by atoms with van der Waals surface area (Å²) in [6.07, 6.45) is 1.78. The summed E-state index contributed by atoms with van der Waals surface area (Å²) >= 11 is 0. The molecular weight excluding hydrogens is 325 g/mol. The minimum atomic E-state index is -0.919. The molecule has 1 N–H and O–H groups in total. The van der Waals surface area contributed by atoms with Gasteiger partial charge in [0, 0.05) is 17.0 Å². The van der Waals surface area contributed by atoms with Crippen LogP contribution in [0.5, 0.6) is 0 Å². The zero-order valence-electron chi connectivity index (χ0n) is 15.5. The van der Waals surface area contributed by atoms with Gasteiger partial charge in [-0.15, -0.1) is 0 Å². The van der Waals surface area contributed by atoms with Crippen LogP contribution in [-0.2, 0) is 4.65 Å². The highest BCUT2D eigenvalue weighted by Gasteiger charge is 2.35. The van der Waals surface area contributed by atoms with Crippen LogP contribution in [0, 0.1) is 0 Å². The highest BCUT2D eigenvalue weighted by Crippen LogP contribution is 2.32. The smallest absolute Gasteiger partial charge is 0.309 e. The second kappa shape index (κ2) is 5.83. The summed E-state index contributed by atoms with van der Waals surface area (Å²) in [6, 6.07) is 14.2. The molecule has 0 spiro atoms. The van der Waals surface area contributed by atoms with Crippen LogP contribution in [-0.4, -0.2) is 28.8 Å². The number of benzene rings is 2. The Morgan fingerprint density at radius 2 is 1.81 bits per heavy atom. The molecule has 0 bridgehead atoms. The van der Waals surface area contributed by atoms with Crippen molar-refractivity contribution >= 4 is 45.8 Å². The monoisotopic (exact) mass is 347 g/mol. The fourth-order valence-corrected chi connectivity index (χ4v) is 2.96. The minimum absolute atomic E-state index is 0.437. The molecule has 0 aliphatic heterocycles. The fourth-order valence-electron chi connectivity index (χ4n) is 2.96. The van der Waals surface area contributed by atoms with Gasteiger partial charge in [-0.2, -0.15) is 0 Å². The Kier molecular flexibility index (Phi) is 3.83.